The number of ether oxygens (including phenoxy) is 6. The highest BCUT2D eigenvalue weighted by Crippen LogP contribution is 2.39. The molecule has 0 unspecified atom stereocenters. The first-order valence-electron chi connectivity index (χ1n) is 32.3. The molecule has 29 heteroatoms. The predicted octanol–water partition coefficient (Wildman–Crippen LogP) is 11.1. The number of phenolic OH excluding ortho intramolecular Hbond substituents is 2. The topological polar surface area (TPSA) is 266 Å². The van der Waals surface area contributed by atoms with Crippen molar-refractivity contribution in [1.29, 1.82) is 0 Å². The molecule has 0 spiro atoms. The Kier molecular flexibility index (Phi) is 20.8. The molecule has 24 nitrogen and oxygen atoms in total. The minimum Gasteiger partial charge on any atom is -0.508 e. The summed E-state index contributed by atoms with van der Waals surface area (Å²) in [6, 6.07) is 23.3. The molecule has 6 aliphatic heterocycles. The van der Waals surface area contributed by atoms with E-state index >= 15 is 0 Å². The van der Waals surface area contributed by atoms with Gasteiger partial charge < -0.3 is 58.2 Å². The Hall–Kier alpha value is -8.68. The van der Waals surface area contributed by atoms with Crippen molar-refractivity contribution in [3.63, 3.8) is 0 Å². The molecule has 6 fully saturated rings. The van der Waals surface area contributed by atoms with Gasteiger partial charge >= 0.3 is 5.97 Å². The first-order chi connectivity index (χ1) is 48.0. The molecule has 0 saturated carbocycles. The van der Waals surface area contributed by atoms with Gasteiger partial charge in [0, 0.05) is 99.7 Å². The van der Waals surface area contributed by atoms with Crippen LogP contribution in [-0.4, -0.2) is 204 Å². The zero-order valence-electron chi connectivity index (χ0n) is 53.4. The number of nitrogens with zero attached hydrogens (tertiary/aromatic N) is 13. The summed E-state index contributed by atoms with van der Waals surface area (Å²) in [5, 5.41) is 28.6. The normalized spacial score (nSPS) is 17.9. The number of likely N-dealkylation sites (tertiary alicyclic amines) is 1. The lowest BCUT2D eigenvalue weighted by Crippen LogP contribution is -2.39. The maximum atomic E-state index is 11.9. The number of morpholine rings is 5. The number of halogens is 1. The molecule has 0 aliphatic carbocycles. The second kappa shape index (κ2) is 30.6. The van der Waals surface area contributed by atoms with E-state index < -0.39 is 0 Å². The van der Waals surface area contributed by atoms with Crippen LogP contribution >= 0.6 is 56.9 Å². The van der Waals surface area contributed by atoms with Gasteiger partial charge in [-0.3, -0.25) is 19.3 Å². The van der Waals surface area contributed by atoms with Crippen LogP contribution in [0.2, 0.25) is 5.28 Å². The van der Waals surface area contributed by atoms with E-state index in [0.29, 0.717) is 104 Å². The van der Waals surface area contributed by atoms with Crippen LogP contribution in [0.5, 0.6) is 17.2 Å². The number of fused-ring (bicyclic) bond motifs is 6. The number of carbonyl (C=O) groups is 3. The molecule has 0 amide bonds. The van der Waals surface area contributed by atoms with Crippen molar-refractivity contribution >= 4 is 140 Å². The molecule has 14 heterocycles. The fourth-order valence-corrected chi connectivity index (χ4v) is 16.0. The largest absolute Gasteiger partial charge is 0.508 e. The molecule has 2 atom stereocenters. The number of esters is 1. The van der Waals surface area contributed by atoms with Crippen molar-refractivity contribution in [2.24, 2.45) is 0 Å². The van der Waals surface area contributed by atoms with Gasteiger partial charge in [0.1, 0.15) is 42.0 Å². The third-order valence-corrected chi connectivity index (χ3v) is 20.8. The van der Waals surface area contributed by atoms with Gasteiger partial charge in [0.2, 0.25) is 5.28 Å². The van der Waals surface area contributed by atoms with E-state index in [1.54, 1.807) is 75.7 Å². The lowest BCUT2D eigenvalue weighted by atomic mass is 10.1. The number of anilines is 4. The maximum absolute atomic E-state index is 11.9. The lowest BCUT2D eigenvalue weighted by molar-refractivity contribution is -0.151. The Labute approximate surface area is 584 Å². The lowest BCUT2D eigenvalue weighted by Gasteiger charge is -2.28. The number of aromatic nitrogens is 8. The fraction of sp³-hybridized carbons (Fsp3) is 0.348. The zero-order chi connectivity index (χ0) is 67.1. The molecule has 17 rings (SSSR count). The Morgan fingerprint density at radius 3 is 1.36 bits per heavy atom. The third-order valence-electron chi connectivity index (χ3n) is 17.0. The second-order valence-electron chi connectivity index (χ2n) is 23.7. The Morgan fingerprint density at radius 2 is 0.929 bits per heavy atom. The number of rotatable bonds is 14. The molecule has 8 aromatic heterocycles. The summed E-state index contributed by atoms with van der Waals surface area (Å²) in [6.45, 7) is 16.1. The molecule has 98 heavy (non-hydrogen) atoms. The van der Waals surface area contributed by atoms with Crippen LogP contribution in [0.1, 0.15) is 46.0 Å². The van der Waals surface area contributed by atoms with Crippen LogP contribution in [-0.2, 0) is 35.0 Å². The highest BCUT2D eigenvalue weighted by Gasteiger charge is 2.46. The van der Waals surface area contributed by atoms with Gasteiger partial charge in [-0.05, 0) is 124 Å². The summed E-state index contributed by atoms with van der Waals surface area (Å²) in [5.74, 6) is 6.08. The van der Waals surface area contributed by atoms with E-state index in [2.05, 4.69) is 39.5 Å². The molecular weight excluding hydrogens is 1350 g/mol. The van der Waals surface area contributed by atoms with Gasteiger partial charge in [0.15, 0.2) is 40.7 Å². The molecule has 3 aromatic carbocycles. The molecule has 2 N–H and O–H groups in total. The number of thiophene rings is 4. The maximum Gasteiger partial charge on any atom is 0.323 e. The van der Waals surface area contributed by atoms with E-state index in [4.69, 9.17) is 64.9 Å². The summed E-state index contributed by atoms with van der Waals surface area (Å²) in [4.78, 5) is 82.5. The molecule has 6 saturated heterocycles. The first-order valence-corrected chi connectivity index (χ1v) is 36.2. The SMILES string of the molecule is CCCOc1cc(C=O)cc(-c2nc(N3CCOCC3)c3sccc3n2)c1.Clc1nc(N2CCOCC2)c2sccc2n1.O=C1O[C@H]2C[C@@H]1N(Cc1cc(O)cc(-c3nc(N4CCOCC4)c4sccc4n3)c1)C2.O=Cc1cc(O)cc(-c2nc(N3CCOCC3)c3sccc3n2)c1. The zero-order valence-corrected chi connectivity index (χ0v) is 57.4. The quantitative estimate of drug-likeness (QED) is 0.0582. The number of carbonyl (C=O) groups excluding carboxylic acids is 3. The summed E-state index contributed by atoms with van der Waals surface area (Å²) in [6.07, 6.45) is 3.18. The molecular formula is C69H68ClN13O11S4. The van der Waals surface area contributed by atoms with Gasteiger partial charge in [-0.15, -0.1) is 45.3 Å². The van der Waals surface area contributed by atoms with Crippen LogP contribution in [0.3, 0.4) is 0 Å². The smallest absolute Gasteiger partial charge is 0.323 e. The molecule has 11 aromatic rings. The number of hydrogen-bond acceptors (Lipinski definition) is 28. The predicted molar refractivity (Wildman–Crippen MR) is 382 cm³/mol. The van der Waals surface area contributed by atoms with Crippen molar-refractivity contribution in [2.45, 2.75) is 38.5 Å². The summed E-state index contributed by atoms with van der Waals surface area (Å²) < 4.78 is 37.0. The molecule has 0 radical (unpaired) electrons. The Balaban J connectivity index is 0.000000114. The van der Waals surface area contributed by atoms with Crippen LogP contribution < -0.4 is 24.3 Å². The number of benzene rings is 3. The fourth-order valence-electron chi connectivity index (χ4n) is 12.4. The second-order valence-corrected chi connectivity index (χ2v) is 27.7. The minimum atomic E-state index is -0.179. The number of aromatic hydroxyl groups is 2. The minimum absolute atomic E-state index is 0.00492. The average Bonchev–Trinajstić information content (AvgIpc) is 1.48. The summed E-state index contributed by atoms with van der Waals surface area (Å²) in [7, 11) is 0. The number of aldehydes is 2. The monoisotopic (exact) mass is 1420 g/mol. The van der Waals surface area contributed by atoms with E-state index in [1.165, 1.54) is 6.07 Å². The van der Waals surface area contributed by atoms with Gasteiger partial charge in [-0.2, -0.15) is 4.98 Å². The van der Waals surface area contributed by atoms with Crippen molar-refractivity contribution in [1.82, 2.24) is 44.8 Å². The van der Waals surface area contributed by atoms with Crippen molar-refractivity contribution in [3.05, 3.63) is 122 Å². The van der Waals surface area contributed by atoms with Crippen LogP contribution in [0.25, 0.3) is 75.0 Å². The van der Waals surface area contributed by atoms with Gasteiger partial charge in [-0.25, -0.2) is 34.9 Å². The highest BCUT2D eigenvalue weighted by atomic mass is 35.5. The molecule has 6 aliphatic rings. The van der Waals surface area contributed by atoms with Crippen molar-refractivity contribution in [2.75, 3.05) is 138 Å². The van der Waals surface area contributed by atoms with Gasteiger partial charge in [-0.1, -0.05) is 6.92 Å². The van der Waals surface area contributed by atoms with Crippen molar-refractivity contribution in [3.8, 4) is 51.4 Å². The number of hydrogen-bond donors (Lipinski definition) is 2. The standard InChI is InChI=1S/C22H22N4O4S.C20H21N3O3S.C17H15N3O3S.C10H10ClN3OS/c27-15-8-13(11-26-12-16-10-18(26)22(28)30-16)7-14(9-15)20-23-17-1-6-31-19(17)21(24-20)25-2-4-29-5-3-25;1-2-6-26-16-11-14(13-24)10-15(12-16)19-21-17-3-9-27-18(17)20(22-19)23-4-7-25-8-5-23;21-10-11-7-12(9-13(22)8-11)16-18-14-1-6-24-15(14)17(19-16)20-2-4-23-5-3-20;11-10-12-7-1-6-16-8(7)9(13-10)14-2-4-15-5-3-14/h1,6-9,16,18,27H,2-5,10-12H2;3,9-13H,2,4-8H2,1H3;1,6-10,22H,2-5H2;1,6H,2-5H2/t16-,18-;;;/m0.../s1. The third kappa shape index (κ3) is 15.1. The molecule has 506 valence electrons. The molecule has 2 bridgehead atoms. The summed E-state index contributed by atoms with van der Waals surface area (Å²) >= 11 is 12.5. The van der Waals surface area contributed by atoms with E-state index in [0.717, 1.165) is 172 Å². The van der Waals surface area contributed by atoms with Crippen molar-refractivity contribution < 1.29 is 53.0 Å². The van der Waals surface area contributed by atoms with E-state index in [9.17, 15) is 24.6 Å². The Morgan fingerprint density at radius 1 is 0.520 bits per heavy atom. The highest BCUT2D eigenvalue weighted by molar-refractivity contribution is 7.18. The number of phenols is 2. The van der Waals surface area contributed by atoms with E-state index in [1.807, 2.05) is 70.9 Å². The van der Waals surface area contributed by atoms with Crippen LogP contribution in [0.15, 0.2) is 100 Å². The van der Waals surface area contributed by atoms with Gasteiger partial charge in [0.25, 0.3) is 0 Å². The van der Waals surface area contributed by atoms with E-state index in [-0.39, 0.29) is 29.6 Å². The van der Waals surface area contributed by atoms with Crippen LogP contribution in [0, 0.1) is 0 Å². The summed E-state index contributed by atoms with van der Waals surface area (Å²) in [5.41, 5.74) is 7.66. The van der Waals surface area contributed by atoms with Crippen LogP contribution in [0.4, 0.5) is 23.3 Å². The average molecular weight is 1420 g/mol. The van der Waals surface area contributed by atoms with Gasteiger partial charge in [0.05, 0.1) is 100 Å². The Bertz CT molecular complexity index is 4670. The first kappa shape index (κ1) is 66.5.